The van der Waals surface area contributed by atoms with Crippen LogP contribution in [0.1, 0.15) is 33.1 Å². The van der Waals surface area contributed by atoms with Crippen LogP contribution in [0.3, 0.4) is 0 Å². The zero-order valence-corrected chi connectivity index (χ0v) is 10.4. The number of likely N-dealkylation sites (tertiary alicyclic amines) is 1. The molecule has 1 heterocycles. The van der Waals surface area contributed by atoms with E-state index in [2.05, 4.69) is 0 Å². The number of nitrogens with zero attached hydrogens (tertiary/aromatic N) is 2. The van der Waals surface area contributed by atoms with Crippen molar-refractivity contribution >= 4 is 11.8 Å². The first-order chi connectivity index (χ1) is 7.86. The molecule has 2 amide bonds. The summed E-state index contributed by atoms with van der Waals surface area (Å²) in [6, 6.07) is 2.02. The topological polar surface area (TPSA) is 87.2 Å². The van der Waals surface area contributed by atoms with Gasteiger partial charge in [-0.25, -0.2) is 0 Å². The number of nitrogens with two attached hydrogens (primary N) is 1. The number of nitriles is 1. The third-order valence-electron chi connectivity index (χ3n) is 3.21. The molecular formula is C12H19N3O2. The van der Waals surface area contributed by atoms with E-state index in [1.54, 1.807) is 18.7 Å². The Morgan fingerprint density at radius 2 is 1.94 bits per heavy atom. The molecule has 0 spiro atoms. The van der Waals surface area contributed by atoms with E-state index in [1.165, 1.54) is 0 Å². The van der Waals surface area contributed by atoms with Crippen molar-refractivity contribution in [3.63, 3.8) is 0 Å². The number of hydrogen-bond acceptors (Lipinski definition) is 3. The molecule has 94 valence electrons. The Labute approximate surface area is 102 Å². The summed E-state index contributed by atoms with van der Waals surface area (Å²) in [6.45, 7) is 4.49. The van der Waals surface area contributed by atoms with Gasteiger partial charge >= 0.3 is 0 Å². The summed E-state index contributed by atoms with van der Waals surface area (Å²) in [4.78, 5) is 24.5. The monoisotopic (exact) mass is 237 g/mol. The van der Waals surface area contributed by atoms with Crippen molar-refractivity contribution in [3.05, 3.63) is 0 Å². The summed E-state index contributed by atoms with van der Waals surface area (Å²) in [5.74, 6) is -0.133. The van der Waals surface area contributed by atoms with Gasteiger partial charge in [-0.05, 0) is 32.6 Å². The smallest absolute Gasteiger partial charge is 0.242 e. The molecule has 5 heteroatoms. The molecule has 0 radical (unpaired) electrons. The van der Waals surface area contributed by atoms with Crippen LogP contribution in [0.25, 0.3) is 0 Å². The van der Waals surface area contributed by atoms with Crippen LogP contribution < -0.4 is 5.73 Å². The molecule has 0 aliphatic carbocycles. The zero-order chi connectivity index (χ0) is 13.1. The molecule has 17 heavy (non-hydrogen) atoms. The van der Waals surface area contributed by atoms with E-state index in [9.17, 15) is 9.59 Å². The number of piperidine rings is 1. The molecule has 2 N–H and O–H groups in total. The van der Waals surface area contributed by atoms with Gasteiger partial charge in [-0.3, -0.25) is 9.59 Å². The predicted octanol–water partition coefficient (Wildman–Crippen LogP) is 0.650. The van der Waals surface area contributed by atoms with E-state index in [-0.39, 0.29) is 17.7 Å². The second-order valence-electron chi connectivity index (χ2n) is 5.14. The molecule has 1 aliphatic heterocycles. The summed E-state index contributed by atoms with van der Waals surface area (Å²) < 4.78 is 0. The van der Waals surface area contributed by atoms with Gasteiger partial charge in [0.25, 0.3) is 0 Å². The Hall–Kier alpha value is -1.57. The van der Waals surface area contributed by atoms with E-state index in [4.69, 9.17) is 11.0 Å². The molecule has 1 rings (SSSR count). The number of amides is 2. The Kier molecular flexibility index (Phi) is 4.11. The zero-order valence-electron chi connectivity index (χ0n) is 10.4. The first kappa shape index (κ1) is 13.5. The maximum absolute atomic E-state index is 12.0. The lowest BCUT2D eigenvalue weighted by molar-refractivity contribution is -0.139. The maximum Gasteiger partial charge on any atom is 0.242 e. The molecule has 0 atom stereocenters. The van der Waals surface area contributed by atoms with Gasteiger partial charge in [0.15, 0.2) is 0 Å². The summed E-state index contributed by atoms with van der Waals surface area (Å²) in [7, 11) is 0. The lowest BCUT2D eigenvalue weighted by Crippen LogP contribution is -2.45. The van der Waals surface area contributed by atoms with Crippen LogP contribution in [0, 0.1) is 22.7 Å². The molecule has 1 saturated heterocycles. The van der Waals surface area contributed by atoms with Crippen LogP contribution >= 0.6 is 0 Å². The molecule has 0 aromatic carbocycles. The number of hydrogen-bond donors (Lipinski definition) is 1. The van der Waals surface area contributed by atoms with Gasteiger partial charge in [-0.1, -0.05) is 0 Å². The number of rotatable bonds is 3. The van der Waals surface area contributed by atoms with Gasteiger partial charge < -0.3 is 10.6 Å². The Bertz CT molecular complexity index is 349. The summed E-state index contributed by atoms with van der Waals surface area (Å²) >= 11 is 0. The van der Waals surface area contributed by atoms with Gasteiger partial charge in [0.1, 0.15) is 5.41 Å². The largest absolute Gasteiger partial charge is 0.370 e. The highest BCUT2D eigenvalue weighted by atomic mass is 16.2. The Morgan fingerprint density at radius 3 is 2.35 bits per heavy atom. The minimum absolute atomic E-state index is 0.127. The van der Waals surface area contributed by atoms with E-state index >= 15 is 0 Å². The van der Waals surface area contributed by atoms with E-state index in [0.29, 0.717) is 19.5 Å². The van der Waals surface area contributed by atoms with Crippen molar-refractivity contribution in [2.24, 2.45) is 17.1 Å². The van der Waals surface area contributed by atoms with Crippen molar-refractivity contribution in [2.75, 3.05) is 13.1 Å². The van der Waals surface area contributed by atoms with Gasteiger partial charge in [-0.15, -0.1) is 0 Å². The third-order valence-corrected chi connectivity index (χ3v) is 3.21. The quantitative estimate of drug-likeness (QED) is 0.781. The molecule has 0 aromatic heterocycles. The van der Waals surface area contributed by atoms with Crippen LogP contribution in [0.4, 0.5) is 0 Å². The van der Waals surface area contributed by atoms with E-state index in [0.717, 1.165) is 12.8 Å². The SMILES string of the molecule is CC(C)(C#N)C(=O)N1CCC(CC(N)=O)CC1. The number of carbonyl (C=O) groups is 2. The van der Waals surface area contributed by atoms with Crippen molar-refractivity contribution < 1.29 is 9.59 Å². The molecular weight excluding hydrogens is 218 g/mol. The fraction of sp³-hybridized carbons (Fsp3) is 0.750. The summed E-state index contributed by atoms with van der Waals surface area (Å²) in [6.07, 6.45) is 1.97. The van der Waals surface area contributed by atoms with E-state index in [1.807, 2.05) is 6.07 Å². The van der Waals surface area contributed by atoms with Crippen molar-refractivity contribution in [3.8, 4) is 6.07 Å². The van der Waals surface area contributed by atoms with Crippen LogP contribution in [0.15, 0.2) is 0 Å². The lowest BCUT2D eigenvalue weighted by atomic mass is 9.89. The molecule has 0 aromatic rings. The molecule has 0 bridgehead atoms. The minimum Gasteiger partial charge on any atom is -0.370 e. The molecule has 0 saturated carbocycles. The fourth-order valence-corrected chi connectivity index (χ4v) is 2.07. The highest BCUT2D eigenvalue weighted by molar-refractivity contribution is 5.84. The molecule has 1 fully saturated rings. The lowest BCUT2D eigenvalue weighted by Gasteiger charge is -2.34. The number of carbonyl (C=O) groups excluding carboxylic acids is 2. The van der Waals surface area contributed by atoms with Crippen LogP contribution in [0.5, 0.6) is 0 Å². The van der Waals surface area contributed by atoms with Gasteiger partial charge in [0, 0.05) is 19.5 Å². The second kappa shape index (κ2) is 5.17. The minimum atomic E-state index is -0.962. The van der Waals surface area contributed by atoms with Crippen LogP contribution in [-0.2, 0) is 9.59 Å². The second-order valence-corrected chi connectivity index (χ2v) is 5.14. The van der Waals surface area contributed by atoms with Crippen LogP contribution in [-0.4, -0.2) is 29.8 Å². The highest BCUT2D eigenvalue weighted by Crippen LogP contribution is 2.24. The van der Waals surface area contributed by atoms with E-state index < -0.39 is 5.41 Å². The first-order valence-corrected chi connectivity index (χ1v) is 5.85. The predicted molar refractivity (Wildman–Crippen MR) is 62.5 cm³/mol. The maximum atomic E-state index is 12.0. The van der Waals surface area contributed by atoms with Crippen molar-refractivity contribution in [1.29, 1.82) is 5.26 Å². The third kappa shape index (κ3) is 3.45. The average Bonchev–Trinajstić information content (AvgIpc) is 2.28. The first-order valence-electron chi connectivity index (χ1n) is 5.85. The standard InChI is InChI=1S/C12H19N3O2/c1-12(2,8-13)11(17)15-5-3-9(4-6-15)7-10(14)16/h9H,3-7H2,1-2H3,(H2,14,16). The van der Waals surface area contributed by atoms with Gasteiger partial charge in [0.05, 0.1) is 6.07 Å². The van der Waals surface area contributed by atoms with Gasteiger partial charge in [0.2, 0.25) is 11.8 Å². The fourth-order valence-electron chi connectivity index (χ4n) is 2.07. The summed E-state index contributed by atoms with van der Waals surface area (Å²) in [5, 5.41) is 8.91. The average molecular weight is 237 g/mol. The molecule has 1 aliphatic rings. The van der Waals surface area contributed by atoms with Crippen LogP contribution in [0.2, 0.25) is 0 Å². The van der Waals surface area contributed by atoms with Gasteiger partial charge in [-0.2, -0.15) is 5.26 Å². The number of primary amides is 1. The van der Waals surface area contributed by atoms with Crippen molar-refractivity contribution in [1.82, 2.24) is 4.90 Å². The highest BCUT2D eigenvalue weighted by Gasteiger charge is 2.34. The normalized spacial score (nSPS) is 17.6. The van der Waals surface area contributed by atoms with Crippen molar-refractivity contribution in [2.45, 2.75) is 33.1 Å². The molecule has 5 nitrogen and oxygen atoms in total. The summed E-state index contributed by atoms with van der Waals surface area (Å²) in [5.41, 5.74) is 4.18. The molecule has 0 unspecified atom stereocenters. The Morgan fingerprint density at radius 1 is 1.41 bits per heavy atom. The Balaban J connectivity index is 2.50.